The van der Waals surface area contributed by atoms with Crippen LogP contribution in [0.2, 0.25) is 0 Å². The molecule has 0 N–H and O–H groups in total. The Kier molecular flexibility index (Phi) is 6.52. The maximum absolute atomic E-state index is 13.1. The monoisotopic (exact) mass is 361 g/mol. The number of anilines is 1. The molecular formula is C21H32FN3O. The quantitative estimate of drug-likeness (QED) is 0.710. The zero-order valence-electron chi connectivity index (χ0n) is 16.2. The molecule has 0 bridgehead atoms. The number of benzene rings is 1. The number of piperazine rings is 1. The van der Waals surface area contributed by atoms with Crippen LogP contribution in [0.4, 0.5) is 10.1 Å². The number of amides is 1. The second kappa shape index (κ2) is 8.85. The molecule has 5 heteroatoms. The van der Waals surface area contributed by atoms with E-state index in [1.807, 2.05) is 17.0 Å². The van der Waals surface area contributed by atoms with E-state index in [2.05, 4.69) is 23.6 Å². The minimum atomic E-state index is -0.208. The van der Waals surface area contributed by atoms with Gasteiger partial charge in [0.1, 0.15) is 5.82 Å². The van der Waals surface area contributed by atoms with Crippen molar-refractivity contribution < 1.29 is 9.18 Å². The first-order valence-corrected chi connectivity index (χ1v) is 10.1. The summed E-state index contributed by atoms with van der Waals surface area (Å²) in [5.41, 5.74) is 1.03. The molecule has 1 aliphatic carbocycles. The van der Waals surface area contributed by atoms with Crippen molar-refractivity contribution in [3.8, 4) is 0 Å². The molecule has 1 saturated heterocycles. The smallest absolute Gasteiger partial charge is 0.223 e. The zero-order chi connectivity index (χ0) is 18.5. The SMILES string of the molecule is CC(C)CCN(CCC(=O)N1CCN(c2ccc(F)cc2)CC1)C1CC1. The average Bonchev–Trinajstić information content (AvgIpc) is 3.47. The molecule has 144 valence electrons. The van der Waals surface area contributed by atoms with Crippen molar-refractivity contribution in [3.05, 3.63) is 30.1 Å². The summed E-state index contributed by atoms with van der Waals surface area (Å²) in [7, 11) is 0. The van der Waals surface area contributed by atoms with Crippen molar-refractivity contribution in [1.29, 1.82) is 0 Å². The van der Waals surface area contributed by atoms with Gasteiger partial charge < -0.3 is 9.80 Å². The number of carbonyl (C=O) groups excluding carboxylic acids is 1. The lowest BCUT2D eigenvalue weighted by Gasteiger charge is -2.36. The summed E-state index contributed by atoms with van der Waals surface area (Å²) < 4.78 is 13.1. The van der Waals surface area contributed by atoms with Crippen molar-refractivity contribution >= 4 is 11.6 Å². The van der Waals surface area contributed by atoms with Gasteiger partial charge in [0.25, 0.3) is 0 Å². The number of carbonyl (C=O) groups is 1. The fraction of sp³-hybridized carbons (Fsp3) is 0.667. The van der Waals surface area contributed by atoms with Crippen LogP contribution in [0.15, 0.2) is 24.3 Å². The summed E-state index contributed by atoms with van der Waals surface area (Å²) in [6, 6.07) is 7.34. The molecule has 0 atom stereocenters. The highest BCUT2D eigenvalue weighted by Crippen LogP contribution is 2.27. The molecule has 2 aliphatic rings. The summed E-state index contributed by atoms with van der Waals surface area (Å²) in [6.45, 7) is 9.68. The van der Waals surface area contributed by atoms with Crippen molar-refractivity contribution in [1.82, 2.24) is 9.80 Å². The highest BCUT2D eigenvalue weighted by Gasteiger charge is 2.29. The Bertz CT molecular complexity index is 577. The van der Waals surface area contributed by atoms with Crippen LogP contribution in [0.1, 0.15) is 39.5 Å². The minimum absolute atomic E-state index is 0.208. The first-order chi connectivity index (χ1) is 12.5. The summed E-state index contributed by atoms with van der Waals surface area (Å²) in [4.78, 5) is 19.3. The van der Waals surface area contributed by atoms with Crippen molar-refractivity contribution in [3.63, 3.8) is 0 Å². The van der Waals surface area contributed by atoms with Gasteiger partial charge in [-0.05, 0) is 56.0 Å². The van der Waals surface area contributed by atoms with Crippen molar-refractivity contribution in [2.75, 3.05) is 44.2 Å². The number of nitrogens with zero attached hydrogens (tertiary/aromatic N) is 3. The van der Waals surface area contributed by atoms with E-state index in [0.717, 1.165) is 51.0 Å². The predicted octanol–water partition coefficient (Wildman–Crippen LogP) is 3.37. The summed E-state index contributed by atoms with van der Waals surface area (Å²) in [5, 5.41) is 0. The Morgan fingerprint density at radius 1 is 1.12 bits per heavy atom. The Balaban J connectivity index is 1.42. The van der Waals surface area contributed by atoms with E-state index < -0.39 is 0 Å². The van der Waals surface area contributed by atoms with Gasteiger partial charge in [-0.25, -0.2) is 4.39 Å². The van der Waals surface area contributed by atoms with Crippen LogP contribution in [0, 0.1) is 11.7 Å². The number of hydrogen-bond donors (Lipinski definition) is 0. The van der Waals surface area contributed by atoms with Gasteiger partial charge in [0.15, 0.2) is 0 Å². The maximum Gasteiger partial charge on any atom is 0.223 e. The first kappa shape index (κ1) is 19.2. The fourth-order valence-corrected chi connectivity index (χ4v) is 3.60. The van der Waals surface area contributed by atoms with Crippen LogP contribution in [-0.2, 0) is 4.79 Å². The maximum atomic E-state index is 13.1. The second-order valence-corrected chi connectivity index (χ2v) is 8.04. The molecular weight excluding hydrogens is 329 g/mol. The van der Waals surface area contributed by atoms with Gasteiger partial charge in [0.05, 0.1) is 0 Å². The standard InChI is InChI=1S/C21H32FN3O/c1-17(2)9-11-23(20-7-8-20)12-10-21(26)25-15-13-24(14-16-25)19-5-3-18(22)4-6-19/h3-6,17,20H,7-16H2,1-2H3. The molecule has 0 spiro atoms. The van der Waals surface area contributed by atoms with Gasteiger partial charge in [-0.1, -0.05) is 13.8 Å². The lowest BCUT2D eigenvalue weighted by molar-refractivity contribution is -0.131. The van der Waals surface area contributed by atoms with Gasteiger partial charge in [0.2, 0.25) is 5.91 Å². The minimum Gasteiger partial charge on any atom is -0.368 e. The lowest BCUT2D eigenvalue weighted by Crippen LogP contribution is -2.49. The van der Waals surface area contributed by atoms with Crippen LogP contribution in [-0.4, -0.2) is 61.0 Å². The van der Waals surface area contributed by atoms with Gasteiger partial charge in [-0.3, -0.25) is 9.69 Å². The molecule has 1 saturated carbocycles. The first-order valence-electron chi connectivity index (χ1n) is 10.1. The number of halogens is 1. The molecule has 1 aliphatic heterocycles. The largest absolute Gasteiger partial charge is 0.368 e. The van der Waals surface area contributed by atoms with Crippen LogP contribution < -0.4 is 4.90 Å². The van der Waals surface area contributed by atoms with Crippen LogP contribution >= 0.6 is 0 Å². The van der Waals surface area contributed by atoms with Crippen molar-refractivity contribution in [2.24, 2.45) is 5.92 Å². The van der Waals surface area contributed by atoms with E-state index in [1.165, 1.54) is 31.4 Å². The van der Waals surface area contributed by atoms with Gasteiger partial charge in [-0.15, -0.1) is 0 Å². The van der Waals surface area contributed by atoms with E-state index in [0.29, 0.717) is 12.3 Å². The highest BCUT2D eigenvalue weighted by molar-refractivity contribution is 5.76. The lowest BCUT2D eigenvalue weighted by atomic mass is 10.1. The molecule has 3 rings (SSSR count). The molecule has 1 heterocycles. The molecule has 1 aromatic carbocycles. The topological polar surface area (TPSA) is 26.8 Å². The summed E-state index contributed by atoms with van der Waals surface area (Å²) in [6.07, 6.45) is 4.43. The molecule has 4 nitrogen and oxygen atoms in total. The Labute approximate surface area is 157 Å². The van der Waals surface area contributed by atoms with Crippen LogP contribution in [0.5, 0.6) is 0 Å². The van der Waals surface area contributed by atoms with E-state index in [4.69, 9.17) is 0 Å². The van der Waals surface area contributed by atoms with Crippen LogP contribution in [0.25, 0.3) is 0 Å². The van der Waals surface area contributed by atoms with E-state index in [1.54, 1.807) is 0 Å². The molecule has 1 aromatic rings. The third-order valence-corrected chi connectivity index (χ3v) is 5.49. The van der Waals surface area contributed by atoms with Crippen LogP contribution in [0.3, 0.4) is 0 Å². The Hall–Kier alpha value is -1.62. The average molecular weight is 362 g/mol. The van der Waals surface area contributed by atoms with Gasteiger partial charge in [-0.2, -0.15) is 0 Å². The molecule has 0 unspecified atom stereocenters. The Morgan fingerprint density at radius 3 is 2.35 bits per heavy atom. The van der Waals surface area contributed by atoms with Gasteiger partial charge >= 0.3 is 0 Å². The third-order valence-electron chi connectivity index (χ3n) is 5.49. The summed E-state index contributed by atoms with van der Waals surface area (Å²) >= 11 is 0. The van der Waals surface area contributed by atoms with Gasteiger partial charge in [0, 0.05) is 50.9 Å². The summed E-state index contributed by atoms with van der Waals surface area (Å²) in [5.74, 6) is 0.783. The second-order valence-electron chi connectivity index (χ2n) is 8.04. The number of rotatable bonds is 8. The number of hydrogen-bond acceptors (Lipinski definition) is 3. The van der Waals surface area contributed by atoms with E-state index >= 15 is 0 Å². The molecule has 2 fully saturated rings. The van der Waals surface area contributed by atoms with E-state index in [9.17, 15) is 9.18 Å². The molecule has 0 aromatic heterocycles. The molecule has 1 amide bonds. The fourth-order valence-electron chi connectivity index (χ4n) is 3.60. The highest BCUT2D eigenvalue weighted by atomic mass is 19.1. The molecule has 0 radical (unpaired) electrons. The Morgan fingerprint density at radius 2 is 1.77 bits per heavy atom. The predicted molar refractivity (Wildman–Crippen MR) is 104 cm³/mol. The zero-order valence-corrected chi connectivity index (χ0v) is 16.2. The van der Waals surface area contributed by atoms with E-state index in [-0.39, 0.29) is 11.7 Å². The van der Waals surface area contributed by atoms with Crippen molar-refractivity contribution in [2.45, 2.75) is 45.6 Å². The normalized spacial score (nSPS) is 18.0. The molecule has 26 heavy (non-hydrogen) atoms. The third kappa shape index (κ3) is 5.44.